The fraction of sp³-hybridized carbons (Fsp3) is 0.286. The maximum absolute atomic E-state index is 12.8. The molecule has 1 aromatic carbocycles. The molecule has 1 aliphatic rings. The fourth-order valence-electron chi connectivity index (χ4n) is 3.98. The monoisotopic (exact) mass is 439 g/mol. The van der Waals surface area contributed by atoms with Crippen molar-refractivity contribution in [3.05, 3.63) is 90.5 Å². The first kappa shape index (κ1) is 19.5. The molecule has 1 aliphatic carbocycles. The lowest BCUT2D eigenvalue weighted by molar-refractivity contribution is 0.233. The number of benzene rings is 1. The Kier molecular flexibility index (Phi) is 4.62. The third-order valence-corrected chi connectivity index (χ3v) is 6.06. The van der Waals surface area contributed by atoms with Crippen LogP contribution in [-0.2, 0) is 13.6 Å². The predicted octanol–water partition coefficient (Wildman–Crippen LogP) is 2.07. The highest BCUT2D eigenvalue weighted by Crippen LogP contribution is 2.43. The van der Waals surface area contributed by atoms with Gasteiger partial charge in [-0.3, -0.25) is 14.2 Å². The van der Waals surface area contributed by atoms with Crippen LogP contribution in [0.15, 0.2) is 61.5 Å². The molecule has 3 aromatic heterocycles. The Hall–Kier alpha value is -3.46. The SMILES string of the molecule is Cn1c(=O)ccc2ncn(Cc3nn([C@H]4C[C@H](c5ccc(Cl)cc5)C4)c(=O)o3)c(=O)c21. The van der Waals surface area contributed by atoms with Crippen LogP contribution in [0.5, 0.6) is 0 Å². The molecule has 10 heteroatoms. The summed E-state index contributed by atoms with van der Waals surface area (Å²) in [4.78, 5) is 41.2. The van der Waals surface area contributed by atoms with Gasteiger partial charge in [-0.05, 0) is 42.5 Å². The molecule has 0 N–H and O–H groups in total. The van der Waals surface area contributed by atoms with Crippen molar-refractivity contribution in [2.45, 2.75) is 31.3 Å². The Bertz CT molecular complexity index is 1460. The van der Waals surface area contributed by atoms with Crippen LogP contribution in [-0.4, -0.2) is 23.9 Å². The van der Waals surface area contributed by atoms with E-state index >= 15 is 0 Å². The Labute approximate surface area is 180 Å². The molecular formula is C21H18ClN5O4. The molecule has 1 fully saturated rings. The maximum atomic E-state index is 12.8. The summed E-state index contributed by atoms with van der Waals surface area (Å²) < 4.78 is 9.14. The minimum Gasteiger partial charge on any atom is -0.390 e. The first-order valence-corrected chi connectivity index (χ1v) is 10.2. The third kappa shape index (κ3) is 3.40. The number of aromatic nitrogens is 5. The van der Waals surface area contributed by atoms with E-state index in [1.807, 2.05) is 24.3 Å². The molecule has 0 amide bonds. The Morgan fingerprint density at radius 2 is 1.84 bits per heavy atom. The van der Waals surface area contributed by atoms with Crippen LogP contribution in [0.25, 0.3) is 11.0 Å². The maximum Gasteiger partial charge on any atom is 0.437 e. The summed E-state index contributed by atoms with van der Waals surface area (Å²) in [5.41, 5.74) is 1.06. The number of nitrogens with zero attached hydrogens (tertiary/aromatic N) is 5. The van der Waals surface area contributed by atoms with Gasteiger partial charge in [0.1, 0.15) is 12.1 Å². The van der Waals surface area contributed by atoms with Gasteiger partial charge in [0.15, 0.2) is 0 Å². The van der Waals surface area contributed by atoms with Gasteiger partial charge in [-0.1, -0.05) is 23.7 Å². The molecule has 31 heavy (non-hydrogen) atoms. The van der Waals surface area contributed by atoms with Crippen molar-refractivity contribution in [3.8, 4) is 0 Å². The molecule has 158 valence electrons. The van der Waals surface area contributed by atoms with Crippen molar-refractivity contribution >= 4 is 22.6 Å². The second-order valence-electron chi connectivity index (χ2n) is 7.72. The van der Waals surface area contributed by atoms with Gasteiger partial charge in [-0.15, -0.1) is 5.10 Å². The van der Waals surface area contributed by atoms with Crippen molar-refractivity contribution < 1.29 is 4.42 Å². The van der Waals surface area contributed by atoms with Gasteiger partial charge in [-0.2, -0.15) is 4.68 Å². The first-order chi connectivity index (χ1) is 14.9. The predicted molar refractivity (Wildman–Crippen MR) is 114 cm³/mol. The van der Waals surface area contributed by atoms with Crippen LogP contribution < -0.4 is 16.9 Å². The second-order valence-corrected chi connectivity index (χ2v) is 8.16. The lowest BCUT2D eigenvalue weighted by Crippen LogP contribution is -2.32. The highest BCUT2D eigenvalue weighted by atomic mass is 35.5. The van der Waals surface area contributed by atoms with Crippen molar-refractivity contribution in [2.75, 3.05) is 0 Å². The summed E-state index contributed by atoms with van der Waals surface area (Å²) in [7, 11) is 1.51. The smallest absolute Gasteiger partial charge is 0.390 e. The van der Waals surface area contributed by atoms with Crippen molar-refractivity contribution in [1.29, 1.82) is 0 Å². The highest BCUT2D eigenvalue weighted by molar-refractivity contribution is 6.30. The lowest BCUT2D eigenvalue weighted by atomic mass is 9.76. The molecule has 0 unspecified atom stereocenters. The van der Waals surface area contributed by atoms with Crippen LogP contribution in [0.2, 0.25) is 5.02 Å². The van der Waals surface area contributed by atoms with Gasteiger partial charge in [0.05, 0.1) is 17.9 Å². The van der Waals surface area contributed by atoms with E-state index < -0.39 is 11.3 Å². The second kappa shape index (κ2) is 7.35. The van der Waals surface area contributed by atoms with Crippen LogP contribution in [0.3, 0.4) is 0 Å². The van der Waals surface area contributed by atoms with E-state index in [0.717, 1.165) is 12.8 Å². The zero-order valence-corrected chi connectivity index (χ0v) is 17.3. The first-order valence-electron chi connectivity index (χ1n) is 9.80. The van der Waals surface area contributed by atoms with Gasteiger partial charge < -0.3 is 8.98 Å². The number of halogens is 1. The number of hydrogen-bond donors (Lipinski definition) is 0. The zero-order valence-electron chi connectivity index (χ0n) is 16.6. The van der Waals surface area contributed by atoms with E-state index in [9.17, 15) is 14.4 Å². The molecule has 0 bridgehead atoms. The van der Waals surface area contributed by atoms with Crippen molar-refractivity contribution in [1.82, 2.24) is 23.9 Å². The van der Waals surface area contributed by atoms with Crippen LogP contribution in [0, 0.1) is 0 Å². The molecule has 5 rings (SSSR count). The minimum atomic E-state index is -0.552. The summed E-state index contributed by atoms with van der Waals surface area (Å²) in [5.74, 6) is -0.101. The fourth-order valence-corrected chi connectivity index (χ4v) is 4.10. The lowest BCUT2D eigenvalue weighted by Gasteiger charge is -2.34. The Balaban J connectivity index is 1.37. The van der Waals surface area contributed by atoms with Crippen LogP contribution in [0.1, 0.15) is 36.3 Å². The van der Waals surface area contributed by atoms with Gasteiger partial charge >= 0.3 is 5.76 Å². The van der Waals surface area contributed by atoms with E-state index in [4.69, 9.17) is 16.0 Å². The number of rotatable bonds is 4. The number of aryl methyl sites for hydroxylation is 1. The van der Waals surface area contributed by atoms with E-state index in [-0.39, 0.29) is 29.6 Å². The summed E-state index contributed by atoms with van der Waals surface area (Å²) in [6.07, 6.45) is 2.90. The molecule has 0 aliphatic heterocycles. The van der Waals surface area contributed by atoms with Crippen LogP contribution in [0.4, 0.5) is 0 Å². The molecule has 0 atom stereocenters. The van der Waals surface area contributed by atoms with E-state index in [1.165, 1.54) is 44.9 Å². The Morgan fingerprint density at radius 1 is 1.10 bits per heavy atom. The number of hydrogen-bond acceptors (Lipinski definition) is 6. The molecular weight excluding hydrogens is 422 g/mol. The largest absolute Gasteiger partial charge is 0.437 e. The zero-order chi connectivity index (χ0) is 21.7. The van der Waals surface area contributed by atoms with Gasteiger partial charge in [-0.25, -0.2) is 9.78 Å². The number of fused-ring (bicyclic) bond motifs is 1. The van der Waals surface area contributed by atoms with Gasteiger partial charge in [0.2, 0.25) is 5.89 Å². The number of pyridine rings is 1. The van der Waals surface area contributed by atoms with E-state index in [0.29, 0.717) is 16.5 Å². The molecule has 3 heterocycles. The average molecular weight is 440 g/mol. The third-order valence-electron chi connectivity index (χ3n) is 5.81. The quantitative estimate of drug-likeness (QED) is 0.482. The Morgan fingerprint density at radius 3 is 2.58 bits per heavy atom. The minimum absolute atomic E-state index is 0.0551. The average Bonchev–Trinajstić information content (AvgIpc) is 3.07. The molecule has 4 aromatic rings. The van der Waals surface area contributed by atoms with Crippen LogP contribution >= 0.6 is 11.6 Å². The molecule has 0 radical (unpaired) electrons. The molecule has 0 saturated heterocycles. The molecule has 0 spiro atoms. The summed E-state index contributed by atoms with van der Waals surface area (Å²) >= 11 is 5.94. The standard InChI is InChI=1S/C21H18ClN5O4/c1-25-18(28)7-6-16-19(25)20(29)26(11-23-16)10-17-24-27(21(30)31-17)15-8-13(9-15)12-2-4-14(22)5-3-12/h2-7,11,13,15H,8-10H2,1H3/t13-,15-. The topological polar surface area (TPSA) is 105 Å². The summed E-state index contributed by atoms with van der Waals surface area (Å²) in [6.45, 7) is -0.0551. The summed E-state index contributed by atoms with van der Waals surface area (Å²) in [5, 5.41) is 4.98. The van der Waals surface area contributed by atoms with E-state index in [2.05, 4.69) is 10.1 Å². The molecule has 9 nitrogen and oxygen atoms in total. The highest BCUT2D eigenvalue weighted by Gasteiger charge is 2.34. The normalized spacial score (nSPS) is 18.3. The van der Waals surface area contributed by atoms with E-state index in [1.54, 1.807) is 0 Å². The summed E-state index contributed by atoms with van der Waals surface area (Å²) in [6, 6.07) is 10.5. The van der Waals surface area contributed by atoms with Crippen molar-refractivity contribution in [3.63, 3.8) is 0 Å². The van der Waals surface area contributed by atoms with Gasteiger partial charge in [0, 0.05) is 18.1 Å². The van der Waals surface area contributed by atoms with Gasteiger partial charge in [0.25, 0.3) is 11.1 Å². The molecule has 1 saturated carbocycles. The van der Waals surface area contributed by atoms with Crippen molar-refractivity contribution in [2.24, 2.45) is 7.05 Å².